The third kappa shape index (κ3) is 4.32. The van der Waals surface area contributed by atoms with Crippen LogP contribution in [0, 0.1) is 0 Å². The third-order valence-corrected chi connectivity index (χ3v) is 5.94. The Balaban J connectivity index is 1.23. The molecule has 0 bridgehead atoms. The Morgan fingerprint density at radius 1 is 1.00 bits per heavy atom. The van der Waals surface area contributed by atoms with Crippen LogP contribution >= 0.6 is 11.6 Å². The number of fused-ring (bicyclic) bond motifs is 1. The molecule has 0 spiro atoms. The molecule has 1 saturated heterocycles. The van der Waals surface area contributed by atoms with Crippen molar-refractivity contribution >= 4 is 23.3 Å². The molecule has 5 rings (SSSR count). The lowest BCUT2D eigenvalue weighted by atomic mass is 10.1. The van der Waals surface area contributed by atoms with Gasteiger partial charge in [0.05, 0.1) is 12.1 Å². The van der Waals surface area contributed by atoms with Crippen LogP contribution in [-0.4, -0.2) is 54.0 Å². The van der Waals surface area contributed by atoms with Gasteiger partial charge in [0.25, 0.3) is 0 Å². The zero-order valence-corrected chi connectivity index (χ0v) is 17.8. The second-order valence-electron chi connectivity index (χ2n) is 7.73. The van der Waals surface area contributed by atoms with Gasteiger partial charge in [-0.05, 0) is 42.3 Å². The summed E-state index contributed by atoms with van der Waals surface area (Å²) in [5.74, 6) is 2.55. The van der Waals surface area contributed by atoms with Crippen molar-refractivity contribution in [2.24, 2.45) is 0 Å². The molecule has 0 atom stereocenters. The van der Waals surface area contributed by atoms with Crippen LogP contribution in [0.1, 0.15) is 12.0 Å². The van der Waals surface area contributed by atoms with Gasteiger partial charge in [0.15, 0.2) is 17.3 Å². The first-order chi connectivity index (χ1) is 15.2. The number of rotatable bonds is 4. The number of benzene rings is 2. The molecule has 1 fully saturated rings. The average Bonchev–Trinajstić information content (AvgIpc) is 3.39. The number of aromatic amines is 1. The monoisotopic (exact) mass is 438 g/mol. The van der Waals surface area contributed by atoms with Crippen LogP contribution in [0.3, 0.4) is 0 Å². The van der Waals surface area contributed by atoms with Crippen molar-refractivity contribution in [3.8, 4) is 22.8 Å². The van der Waals surface area contributed by atoms with Crippen LogP contribution in [0.4, 0.5) is 5.82 Å². The molecule has 3 aromatic rings. The number of halogens is 1. The summed E-state index contributed by atoms with van der Waals surface area (Å²) in [6.45, 7) is 3.29. The predicted octanol–water partition coefficient (Wildman–Crippen LogP) is 3.74. The summed E-state index contributed by atoms with van der Waals surface area (Å²) in [5.41, 5.74) is 2.90. The quantitative estimate of drug-likeness (QED) is 0.672. The number of anilines is 1. The minimum Gasteiger partial charge on any atom is -0.454 e. The smallest absolute Gasteiger partial charge is 0.231 e. The van der Waals surface area contributed by atoms with Crippen LogP contribution < -0.4 is 14.4 Å². The first-order valence-electron chi connectivity index (χ1n) is 10.4. The number of nitrogens with one attached hydrogen (secondary N) is 1. The van der Waals surface area contributed by atoms with E-state index in [9.17, 15) is 4.79 Å². The highest BCUT2D eigenvalue weighted by molar-refractivity contribution is 6.30. The van der Waals surface area contributed by atoms with E-state index in [0.717, 1.165) is 60.2 Å². The highest BCUT2D eigenvalue weighted by atomic mass is 35.5. The predicted molar refractivity (Wildman–Crippen MR) is 119 cm³/mol. The van der Waals surface area contributed by atoms with Crippen LogP contribution in [0.2, 0.25) is 5.02 Å². The Morgan fingerprint density at radius 2 is 1.84 bits per heavy atom. The highest BCUT2D eigenvalue weighted by Gasteiger charge is 2.21. The van der Waals surface area contributed by atoms with E-state index in [2.05, 4.69) is 15.1 Å². The fourth-order valence-corrected chi connectivity index (χ4v) is 4.10. The van der Waals surface area contributed by atoms with Crippen molar-refractivity contribution in [2.45, 2.75) is 12.8 Å². The first kappa shape index (κ1) is 19.8. The summed E-state index contributed by atoms with van der Waals surface area (Å²) in [6.07, 6.45) is 1.30. The van der Waals surface area contributed by atoms with Gasteiger partial charge >= 0.3 is 0 Å². The fourth-order valence-electron chi connectivity index (χ4n) is 3.97. The van der Waals surface area contributed by atoms with Gasteiger partial charge < -0.3 is 19.3 Å². The zero-order valence-electron chi connectivity index (χ0n) is 17.0. The molecular formula is C23H23ClN4O3. The average molecular weight is 439 g/mol. The van der Waals surface area contributed by atoms with E-state index in [1.54, 1.807) is 0 Å². The Morgan fingerprint density at radius 3 is 2.71 bits per heavy atom. The maximum atomic E-state index is 12.8. The lowest BCUT2D eigenvalue weighted by Gasteiger charge is -2.22. The molecule has 2 aromatic carbocycles. The lowest BCUT2D eigenvalue weighted by Crippen LogP contribution is -2.36. The van der Waals surface area contributed by atoms with Crippen molar-refractivity contribution in [1.82, 2.24) is 15.1 Å². The van der Waals surface area contributed by atoms with E-state index < -0.39 is 0 Å². The molecule has 1 N–H and O–H groups in total. The summed E-state index contributed by atoms with van der Waals surface area (Å²) in [5, 5.41) is 8.31. The maximum absolute atomic E-state index is 12.8. The van der Waals surface area contributed by atoms with Crippen molar-refractivity contribution in [2.75, 3.05) is 37.9 Å². The Kier molecular flexibility index (Phi) is 5.42. The van der Waals surface area contributed by atoms with Gasteiger partial charge in [-0.2, -0.15) is 5.10 Å². The largest absolute Gasteiger partial charge is 0.454 e. The summed E-state index contributed by atoms with van der Waals surface area (Å²) >= 11 is 5.94. The molecule has 2 aliphatic heterocycles. The molecule has 1 aromatic heterocycles. The lowest BCUT2D eigenvalue weighted by molar-refractivity contribution is -0.130. The minimum atomic E-state index is 0.146. The maximum Gasteiger partial charge on any atom is 0.231 e. The molecule has 2 aliphatic rings. The van der Waals surface area contributed by atoms with Gasteiger partial charge in [0.2, 0.25) is 12.7 Å². The Bertz CT molecular complexity index is 1080. The molecule has 1 amide bonds. The Hall–Kier alpha value is -3.19. The number of nitrogens with zero attached hydrogens (tertiary/aromatic N) is 3. The van der Waals surface area contributed by atoms with Crippen molar-refractivity contribution < 1.29 is 14.3 Å². The van der Waals surface area contributed by atoms with Gasteiger partial charge in [0, 0.05) is 42.8 Å². The second-order valence-corrected chi connectivity index (χ2v) is 8.17. The molecule has 0 saturated carbocycles. The molecule has 0 radical (unpaired) electrons. The number of hydrogen-bond acceptors (Lipinski definition) is 5. The number of H-pyrrole nitrogens is 1. The van der Waals surface area contributed by atoms with E-state index in [1.165, 1.54) is 0 Å². The Labute approximate surface area is 185 Å². The van der Waals surface area contributed by atoms with Crippen molar-refractivity contribution in [3.05, 3.63) is 59.1 Å². The van der Waals surface area contributed by atoms with Crippen LogP contribution in [0.25, 0.3) is 11.3 Å². The highest BCUT2D eigenvalue weighted by Crippen LogP contribution is 2.36. The van der Waals surface area contributed by atoms with Crippen molar-refractivity contribution in [1.29, 1.82) is 0 Å². The van der Waals surface area contributed by atoms with E-state index in [-0.39, 0.29) is 12.7 Å². The van der Waals surface area contributed by atoms with Crippen LogP contribution in [-0.2, 0) is 11.2 Å². The summed E-state index contributed by atoms with van der Waals surface area (Å²) in [4.78, 5) is 16.9. The van der Waals surface area contributed by atoms with E-state index in [0.29, 0.717) is 18.0 Å². The third-order valence-electron chi connectivity index (χ3n) is 5.69. The molecule has 8 heteroatoms. The second kappa shape index (κ2) is 8.51. The van der Waals surface area contributed by atoms with Crippen molar-refractivity contribution in [3.63, 3.8) is 0 Å². The van der Waals surface area contributed by atoms with Crippen LogP contribution in [0.5, 0.6) is 11.5 Å². The summed E-state index contributed by atoms with van der Waals surface area (Å²) < 4.78 is 10.9. The molecule has 0 unspecified atom stereocenters. The van der Waals surface area contributed by atoms with E-state index in [1.807, 2.05) is 53.4 Å². The molecule has 3 heterocycles. The molecule has 0 aliphatic carbocycles. The van der Waals surface area contributed by atoms with Gasteiger partial charge in [-0.15, -0.1) is 0 Å². The van der Waals surface area contributed by atoms with E-state index in [4.69, 9.17) is 21.1 Å². The standard InChI is InChI=1S/C23H23ClN4O3/c24-18-5-2-16(3-6-18)12-23(29)28-9-1-8-27(10-11-28)22-14-19(25-26-22)17-4-7-20-21(13-17)31-15-30-20/h2-7,13-14H,1,8-12,15H2,(H,25,26). The number of ether oxygens (including phenoxy) is 2. The van der Waals surface area contributed by atoms with Gasteiger partial charge in [-0.1, -0.05) is 23.7 Å². The minimum absolute atomic E-state index is 0.146. The molecule has 160 valence electrons. The van der Waals surface area contributed by atoms with E-state index >= 15 is 0 Å². The normalized spacial score (nSPS) is 15.8. The topological polar surface area (TPSA) is 70.7 Å². The number of aromatic nitrogens is 2. The zero-order chi connectivity index (χ0) is 21.2. The number of carbonyl (C=O) groups excluding carboxylic acids is 1. The fraction of sp³-hybridized carbons (Fsp3) is 0.304. The number of carbonyl (C=O) groups is 1. The van der Waals surface area contributed by atoms with Gasteiger partial charge in [-0.25, -0.2) is 0 Å². The van der Waals surface area contributed by atoms with Crippen LogP contribution in [0.15, 0.2) is 48.5 Å². The van der Waals surface area contributed by atoms with Gasteiger partial charge in [-0.3, -0.25) is 9.89 Å². The van der Waals surface area contributed by atoms with Gasteiger partial charge in [0.1, 0.15) is 0 Å². The summed E-state index contributed by atoms with van der Waals surface area (Å²) in [7, 11) is 0. The molecule has 31 heavy (non-hydrogen) atoms. The summed E-state index contributed by atoms with van der Waals surface area (Å²) in [6, 6.07) is 15.4. The molecular weight excluding hydrogens is 416 g/mol. The SMILES string of the molecule is O=C(Cc1ccc(Cl)cc1)N1CCCN(c2cc(-c3ccc4c(c3)OCO4)[nH]n2)CC1. The number of amides is 1. The number of hydrogen-bond donors (Lipinski definition) is 1. The first-order valence-corrected chi connectivity index (χ1v) is 10.8. The molecule has 7 nitrogen and oxygen atoms in total.